The summed E-state index contributed by atoms with van der Waals surface area (Å²) >= 11 is 0. The number of methoxy groups -OCH3 is 1. The SMILES string of the molecule is CC(C)(C)c1ccc(CC#N)cc1.CCn1nc(C)c(C#N)c1C(=O)OC.[C-]#[N+]C(=C(O)c1c(C#N)c(C)nn1CC)c1ccc(C(C)(C)C)cc1. The van der Waals surface area contributed by atoms with E-state index in [-0.39, 0.29) is 28.0 Å². The zero-order valence-corrected chi connectivity index (χ0v) is 32.1. The highest BCUT2D eigenvalue weighted by molar-refractivity contribution is 5.91. The average molecular weight is 701 g/mol. The van der Waals surface area contributed by atoms with Crippen molar-refractivity contribution in [3.05, 3.63) is 116 Å². The first-order valence-corrected chi connectivity index (χ1v) is 16.8. The number of esters is 1. The van der Waals surface area contributed by atoms with Gasteiger partial charge in [0.2, 0.25) is 5.70 Å². The van der Waals surface area contributed by atoms with Gasteiger partial charge in [0, 0.05) is 13.1 Å². The molecule has 52 heavy (non-hydrogen) atoms. The van der Waals surface area contributed by atoms with E-state index in [1.165, 1.54) is 17.4 Å². The van der Waals surface area contributed by atoms with Gasteiger partial charge in [-0.1, -0.05) is 90.1 Å². The molecule has 4 rings (SSSR count). The molecule has 0 aliphatic rings. The zero-order valence-electron chi connectivity index (χ0n) is 32.1. The van der Waals surface area contributed by atoms with Crippen LogP contribution >= 0.6 is 0 Å². The van der Waals surface area contributed by atoms with Crippen LogP contribution in [0.25, 0.3) is 16.3 Å². The number of carbonyl (C=O) groups is 1. The van der Waals surface area contributed by atoms with Crippen LogP contribution < -0.4 is 0 Å². The number of nitrogens with zero attached hydrogens (tertiary/aromatic N) is 8. The first kappa shape index (κ1) is 42.0. The van der Waals surface area contributed by atoms with Gasteiger partial charge in [0.05, 0.1) is 37.6 Å². The van der Waals surface area contributed by atoms with Crippen molar-refractivity contribution < 1.29 is 14.6 Å². The molecule has 0 spiro atoms. The van der Waals surface area contributed by atoms with Gasteiger partial charge >= 0.3 is 5.97 Å². The quantitative estimate of drug-likeness (QED) is 0.119. The van der Waals surface area contributed by atoms with Gasteiger partial charge in [0.15, 0.2) is 5.69 Å². The standard InChI is InChI=1S/C20H22N4O.C12H15N.C9H11N3O2/c1-7-24-18(16(12-21)13(2)23-24)19(25)17(22-6)14-8-10-15(11-9-14)20(3,4)5;1-12(2,3)11-6-4-10(5-7-11)8-9-13;1-4-12-8(9(13)14-3)7(5-10)6(2)11-12/h8-11,25H,7H2,1-5H3;4-7H,8H2,1-3H3;4H2,1-3H3. The highest BCUT2D eigenvalue weighted by atomic mass is 16.5. The summed E-state index contributed by atoms with van der Waals surface area (Å²) in [5.74, 6) is -0.735. The van der Waals surface area contributed by atoms with Crippen LogP contribution in [0.4, 0.5) is 0 Å². The molecule has 0 amide bonds. The predicted molar refractivity (Wildman–Crippen MR) is 202 cm³/mol. The maximum absolute atomic E-state index is 11.4. The number of aromatic nitrogens is 4. The second kappa shape index (κ2) is 18.2. The van der Waals surface area contributed by atoms with Gasteiger partial charge in [-0.15, -0.1) is 0 Å². The van der Waals surface area contributed by atoms with E-state index >= 15 is 0 Å². The first-order chi connectivity index (χ1) is 24.4. The van der Waals surface area contributed by atoms with E-state index in [0.29, 0.717) is 53.3 Å². The average Bonchev–Trinajstić information content (AvgIpc) is 3.63. The second-order valence-electron chi connectivity index (χ2n) is 13.9. The fraction of sp³-hybridized carbons (Fsp3) is 0.390. The third kappa shape index (κ3) is 10.2. The Balaban J connectivity index is 0.000000294. The lowest BCUT2D eigenvalue weighted by atomic mass is 9.86. The highest BCUT2D eigenvalue weighted by Crippen LogP contribution is 2.31. The number of carbonyl (C=O) groups excluding carboxylic acids is 1. The van der Waals surface area contributed by atoms with Gasteiger partial charge < -0.3 is 9.84 Å². The molecule has 0 aliphatic heterocycles. The van der Waals surface area contributed by atoms with Gasteiger partial charge in [-0.25, -0.2) is 9.64 Å². The highest BCUT2D eigenvalue weighted by Gasteiger charge is 2.23. The molecule has 0 atom stereocenters. The zero-order chi connectivity index (χ0) is 39.4. The van der Waals surface area contributed by atoms with Crippen LogP contribution in [-0.2, 0) is 35.1 Å². The number of aryl methyl sites for hydroxylation is 4. The Bertz CT molecular complexity index is 2060. The Morgan fingerprint density at radius 3 is 1.60 bits per heavy atom. The summed E-state index contributed by atoms with van der Waals surface area (Å²) in [6, 6.07) is 22.0. The normalized spacial score (nSPS) is 11.2. The summed E-state index contributed by atoms with van der Waals surface area (Å²) < 4.78 is 7.61. The minimum Gasteiger partial charge on any atom is -0.517 e. The molecule has 0 saturated carbocycles. The Kier molecular flexibility index (Phi) is 14.7. The van der Waals surface area contributed by atoms with Crippen molar-refractivity contribution >= 4 is 17.4 Å². The third-order valence-electron chi connectivity index (χ3n) is 8.14. The number of rotatable bonds is 6. The van der Waals surface area contributed by atoms with E-state index in [9.17, 15) is 15.2 Å². The van der Waals surface area contributed by atoms with Crippen molar-refractivity contribution in [1.29, 1.82) is 15.8 Å². The van der Waals surface area contributed by atoms with Crippen molar-refractivity contribution in [3.63, 3.8) is 0 Å². The van der Waals surface area contributed by atoms with Crippen LogP contribution in [0.2, 0.25) is 0 Å². The third-order valence-corrected chi connectivity index (χ3v) is 8.14. The molecule has 11 nitrogen and oxygen atoms in total. The summed E-state index contributed by atoms with van der Waals surface area (Å²) in [5, 5.41) is 45.8. The molecular weight excluding hydrogens is 653 g/mol. The molecule has 1 N–H and O–H groups in total. The molecule has 2 aromatic carbocycles. The number of aliphatic hydroxyl groups is 1. The summed E-state index contributed by atoms with van der Waals surface area (Å²) in [6.45, 7) is 28.6. The van der Waals surface area contributed by atoms with E-state index < -0.39 is 5.97 Å². The number of aliphatic hydroxyl groups excluding tert-OH is 1. The van der Waals surface area contributed by atoms with Gasteiger partial charge in [0.1, 0.15) is 34.7 Å². The lowest BCUT2D eigenvalue weighted by Crippen LogP contribution is -2.12. The van der Waals surface area contributed by atoms with Gasteiger partial charge in [-0.2, -0.15) is 26.0 Å². The fourth-order valence-electron chi connectivity index (χ4n) is 5.14. The largest absolute Gasteiger partial charge is 0.517 e. The van der Waals surface area contributed by atoms with Crippen LogP contribution in [0, 0.1) is 54.4 Å². The molecule has 0 aliphatic carbocycles. The Morgan fingerprint density at radius 2 is 1.23 bits per heavy atom. The van der Waals surface area contributed by atoms with Crippen molar-refractivity contribution in [2.24, 2.45) is 0 Å². The monoisotopic (exact) mass is 700 g/mol. The summed E-state index contributed by atoms with van der Waals surface area (Å²) in [5.41, 5.74) is 6.70. The molecular formula is C41H48N8O3. The van der Waals surface area contributed by atoms with Gasteiger partial charge in [-0.3, -0.25) is 9.36 Å². The van der Waals surface area contributed by atoms with E-state index in [4.69, 9.17) is 17.1 Å². The van der Waals surface area contributed by atoms with Crippen molar-refractivity contribution in [2.75, 3.05) is 7.11 Å². The second-order valence-corrected chi connectivity index (χ2v) is 13.9. The maximum Gasteiger partial charge on any atom is 0.357 e. The molecule has 0 fully saturated rings. The fourth-order valence-corrected chi connectivity index (χ4v) is 5.14. The number of hydrogen-bond donors (Lipinski definition) is 1. The molecule has 2 aromatic heterocycles. The van der Waals surface area contributed by atoms with Crippen LogP contribution in [0.5, 0.6) is 0 Å². The van der Waals surface area contributed by atoms with E-state index in [1.807, 2.05) is 56.3 Å². The summed E-state index contributed by atoms with van der Waals surface area (Å²) in [4.78, 5) is 14.9. The molecule has 0 saturated heterocycles. The van der Waals surface area contributed by atoms with Crippen molar-refractivity contribution in [1.82, 2.24) is 19.6 Å². The Labute approximate surface area is 307 Å². The predicted octanol–water partition coefficient (Wildman–Crippen LogP) is 8.60. The number of hydrogen-bond acceptors (Lipinski definition) is 8. The molecule has 0 unspecified atom stereocenters. The summed E-state index contributed by atoms with van der Waals surface area (Å²) in [7, 11) is 1.28. The van der Waals surface area contributed by atoms with Gasteiger partial charge in [-0.05, 0) is 60.8 Å². The lowest BCUT2D eigenvalue weighted by molar-refractivity contribution is 0.0586. The Morgan fingerprint density at radius 1 is 0.808 bits per heavy atom. The molecule has 0 radical (unpaired) electrons. The summed E-state index contributed by atoms with van der Waals surface area (Å²) in [6.07, 6.45) is 0.504. The first-order valence-electron chi connectivity index (χ1n) is 16.8. The topological polar surface area (TPSA) is 158 Å². The van der Waals surface area contributed by atoms with E-state index in [1.54, 1.807) is 18.5 Å². The lowest BCUT2D eigenvalue weighted by Gasteiger charge is -2.19. The van der Waals surface area contributed by atoms with Crippen LogP contribution in [-0.4, -0.2) is 37.7 Å². The maximum atomic E-state index is 11.4. The number of benzene rings is 2. The van der Waals surface area contributed by atoms with Crippen molar-refractivity contribution in [3.8, 4) is 18.2 Å². The minimum atomic E-state index is -0.524. The molecule has 4 aromatic rings. The minimum absolute atomic E-state index is 0.00841. The van der Waals surface area contributed by atoms with Crippen LogP contribution in [0.15, 0.2) is 48.5 Å². The van der Waals surface area contributed by atoms with Gasteiger partial charge in [0.25, 0.3) is 0 Å². The molecule has 2 heterocycles. The molecule has 0 bridgehead atoms. The number of nitriles is 3. The van der Waals surface area contributed by atoms with E-state index in [0.717, 1.165) is 11.1 Å². The number of ether oxygens (including phenoxy) is 1. The van der Waals surface area contributed by atoms with Crippen LogP contribution in [0.3, 0.4) is 0 Å². The Hall–Kier alpha value is -6.17. The van der Waals surface area contributed by atoms with E-state index in [2.05, 4.69) is 85.6 Å². The van der Waals surface area contributed by atoms with Crippen molar-refractivity contribution in [2.45, 2.75) is 99.6 Å². The van der Waals surface area contributed by atoms with Crippen LogP contribution in [0.1, 0.15) is 116 Å². The molecule has 270 valence electrons. The smallest absolute Gasteiger partial charge is 0.357 e. The molecule has 11 heteroatoms.